The van der Waals surface area contributed by atoms with Crippen LogP contribution in [0.2, 0.25) is 0 Å². The van der Waals surface area contributed by atoms with Gasteiger partial charge in [0.15, 0.2) is 0 Å². The SMILES string of the molecule is O[C@H](COCC12CC3CC(CC(C3)C1)C2)C[NH+]1CCCCC1. The van der Waals surface area contributed by atoms with Crippen molar-refractivity contribution < 1.29 is 14.7 Å². The maximum absolute atomic E-state index is 10.3. The fourth-order valence-electron chi connectivity index (χ4n) is 6.53. The molecule has 5 rings (SSSR count). The maximum atomic E-state index is 10.3. The molecule has 0 spiro atoms. The van der Waals surface area contributed by atoms with Crippen LogP contribution in [0.15, 0.2) is 0 Å². The Morgan fingerprint density at radius 1 is 0.955 bits per heavy atom. The fourth-order valence-corrected chi connectivity index (χ4v) is 6.53. The third-order valence-electron chi connectivity index (χ3n) is 6.97. The molecule has 0 aromatic carbocycles. The number of aliphatic hydroxyl groups excluding tert-OH is 1. The van der Waals surface area contributed by atoms with Crippen molar-refractivity contribution in [2.75, 3.05) is 32.8 Å². The van der Waals surface area contributed by atoms with Crippen LogP contribution in [0.3, 0.4) is 0 Å². The Kier molecular flexibility index (Phi) is 4.49. The number of nitrogens with one attached hydrogen (secondary N) is 1. The van der Waals surface area contributed by atoms with Crippen molar-refractivity contribution in [2.45, 2.75) is 63.9 Å². The number of quaternary nitrogens is 1. The number of rotatable bonds is 6. The van der Waals surface area contributed by atoms with Gasteiger partial charge in [-0.2, -0.15) is 0 Å². The van der Waals surface area contributed by atoms with Gasteiger partial charge < -0.3 is 14.7 Å². The third-order valence-corrected chi connectivity index (χ3v) is 6.97. The minimum absolute atomic E-state index is 0.262. The van der Waals surface area contributed by atoms with E-state index in [9.17, 15) is 5.11 Å². The molecule has 3 heteroatoms. The van der Waals surface area contributed by atoms with Crippen molar-refractivity contribution in [1.29, 1.82) is 0 Å². The standard InChI is InChI=1S/C19H33NO2/c21-18(12-20-4-2-1-3-5-20)13-22-14-19-9-15-6-16(10-19)8-17(7-15)11-19/h15-18,21H,1-14H2/p+1/t15?,16?,17?,18-,19?/m0/s1. The smallest absolute Gasteiger partial charge is 0.126 e. The van der Waals surface area contributed by atoms with E-state index >= 15 is 0 Å². The zero-order valence-electron chi connectivity index (χ0n) is 14.1. The first-order valence-electron chi connectivity index (χ1n) is 9.80. The molecule has 4 aliphatic carbocycles. The van der Waals surface area contributed by atoms with Crippen LogP contribution in [0.4, 0.5) is 0 Å². The van der Waals surface area contributed by atoms with E-state index in [1.165, 1.54) is 70.9 Å². The number of likely N-dealkylation sites (tertiary alicyclic amines) is 1. The van der Waals surface area contributed by atoms with Crippen molar-refractivity contribution in [3.05, 3.63) is 0 Å². The summed E-state index contributed by atoms with van der Waals surface area (Å²) < 4.78 is 6.06. The van der Waals surface area contributed by atoms with Crippen LogP contribution in [-0.2, 0) is 4.74 Å². The predicted octanol–water partition coefficient (Wildman–Crippen LogP) is 1.65. The van der Waals surface area contributed by atoms with E-state index in [-0.39, 0.29) is 6.10 Å². The topological polar surface area (TPSA) is 33.9 Å². The summed E-state index contributed by atoms with van der Waals surface area (Å²) in [4.78, 5) is 1.58. The Morgan fingerprint density at radius 2 is 1.55 bits per heavy atom. The molecule has 5 fully saturated rings. The molecule has 0 radical (unpaired) electrons. The van der Waals surface area contributed by atoms with E-state index in [2.05, 4.69) is 0 Å². The number of ether oxygens (including phenoxy) is 1. The van der Waals surface area contributed by atoms with Gasteiger partial charge in [-0.25, -0.2) is 0 Å². The van der Waals surface area contributed by atoms with Gasteiger partial charge in [0, 0.05) is 0 Å². The largest absolute Gasteiger partial charge is 0.385 e. The van der Waals surface area contributed by atoms with Crippen LogP contribution in [0, 0.1) is 23.2 Å². The highest BCUT2D eigenvalue weighted by Gasteiger charge is 2.50. The zero-order valence-corrected chi connectivity index (χ0v) is 14.1. The molecule has 0 aromatic rings. The Morgan fingerprint density at radius 3 is 2.14 bits per heavy atom. The summed E-state index contributed by atoms with van der Waals surface area (Å²) in [6.45, 7) is 4.85. The second-order valence-corrected chi connectivity index (χ2v) is 9.10. The molecule has 0 aromatic heterocycles. The first-order valence-corrected chi connectivity index (χ1v) is 9.80. The van der Waals surface area contributed by atoms with Gasteiger partial charge in [0.05, 0.1) is 26.3 Å². The third kappa shape index (κ3) is 3.37. The summed E-state index contributed by atoms with van der Waals surface area (Å²) in [5.41, 5.74) is 0.493. The molecule has 5 aliphatic rings. The normalized spacial score (nSPS) is 42.7. The summed E-state index contributed by atoms with van der Waals surface area (Å²) in [6, 6.07) is 0. The summed E-state index contributed by atoms with van der Waals surface area (Å²) in [5, 5.41) is 10.3. The van der Waals surface area contributed by atoms with Gasteiger partial charge in [0.1, 0.15) is 12.6 Å². The molecule has 1 atom stereocenters. The summed E-state index contributed by atoms with van der Waals surface area (Å²) in [6.07, 6.45) is 12.5. The van der Waals surface area contributed by atoms with Crippen LogP contribution in [0.25, 0.3) is 0 Å². The first kappa shape index (κ1) is 15.4. The lowest BCUT2D eigenvalue weighted by atomic mass is 9.50. The van der Waals surface area contributed by atoms with Gasteiger partial charge in [-0.15, -0.1) is 0 Å². The molecule has 4 saturated carbocycles. The van der Waals surface area contributed by atoms with Gasteiger partial charge in [-0.3, -0.25) is 0 Å². The number of hydrogen-bond donors (Lipinski definition) is 2. The zero-order chi connectivity index (χ0) is 15.0. The van der Waals surface area contributed by atoms with E-state index in [0.717, 1.165) is 30.9 Å². The van der Waals surface area contributed by atoms with Crippen molar-refractivity contribution in [1.82, 2.24) is 0 Å². The fraction of sp³-hybridized carbons (Fsp3) is 1.00. The summed E-state index contributed by atoms with van der Waals surface area (Å²) in [7, 11) is 0. The molecule has 2 N–H and O–H groups in total. The van der Waals surface area contributed by atoms with Gasteiger partial charge in [0.25, 0.3) is 0 Å². The number of hydrogen-bond acceptors (Lipinski definition) is 2. The molecular formula is C19H34NO2+. The predicted molar refractivity (Wildman–Crippen MR) is 86.8 cm³/mol. The quantitative estimate of drug-likeness (QED) is 0.782. The molecule has 1 heterocycles. The summed E-state index contributed by atoms with van der Waals surface area (Å²) in [5.74, 6) is 2.99. The van der Waals surface area contributed by atoms with E-state index < -0.39 is 0 Å². The first-order chi connectivity index (χ1) is 10.7. The number of aliphatic hydroxyl groups is 1. The minimum atomic E-state index is -0.262. The van der Waals surface area contributed by atoms with Crippen molar-refractivity contribution in [2.24, 2.45) is 23.2 Å². The Labute approximate surface area is 135 Å². The highest BCUT2D eigenvalue weighted by atomic mass is 16.5. The molecule has 0 amide bonds. The maximum Gasteiger partial charge on any atom is 0.126 e. The van der Waals surface area contributed by atoms with E-state index in [1.54, 1.807) is 4.90 Å². The monoisotopic (exact) mass is 308 g/mol. The Hall–Kier alpha value is -0.120. The lowest BCUT2D eigenvalue weighted by Gasteiger charge is -2.56. The van der Waals surface area contributed by atoms with E-state index in [1.807, 2.05) is 0 Å². The second-order valence-electron chi connectivity index (χ2n) is 9.10. The van der Waals surface area contributed by atoms with Crippen molar-refractivity contribution >= 4 is 0 Å². The lowest BCUT2D eigenvalue weighted by molar-refractivity contribution is -0.908. The molecule has 3 nitrogen and oxygen atoms in total. The number of piperidine rings is 1. The van der Waals surface area contributed by atoms with Gasteiger partial charge in [-0.05, 0) is 81.0 Å². The average molecular weight is 308 g/mol. The Balaban J connectivity index is 1.21. The van der Waals surface area contributed by atoms with Crippen LogP contribution >= 0.6 is 0 Å². The highest BCUT2D eigenvalue weighted by Crippen LogP contribution is 2.59. The molecule has 0 unspecified atom stereocenters. The van der Waals surface area contributed by atoms with Crippen molar-refractivity contribution in [3.8, 4) is 0 Å². The van der Waals surface area contributed by atoms with Gasteiger partial charge in [0.2, 0.25) is 0 Å². The second kappa shape index (κ2) is 6.41. The molecule has 4 bridgehead atoms. The molecule has 1 aliphatic heterocycles. The lowest BCUT2D eigenvalue weighted by Crippen LogP contribution is -3.14. The Bertz CT molecular complexity index is 342. The molecule has 126 valence electrons. The molecule has 22 heavy (non-hydrogen) atoms. The molecule has 1 saturated heterocycles. The van der Waals surface area contributed by atoms with E-state index in [0.29, 0.717) is 12.0 Å². The average Bonchev–Trinajstić information content (AvgIpc) is 2.46. The summed E-state index contributed by atoms with van der Waals surface area (Å²) >= 11 is 0. The van der Waals surface area contributed by atoms with Gasteiger partial charge in [-0.1, -0.05) is 0 Å². The van der Waals surface area contributed by atoms with Crippen LogP contribution < -0.4 is 4.90 Å². The molecular weight excluding hydrogens is 274 g/mol. The highest BCUT2D eigenvalue weighted by molar-refractivity contribution is 5.01. The van der Waals surface area contributed by atoms with E-state index in [4.69, 9.17) is 4.74 Å². The van der Waals surface area contributed by atoms with Crippen LogP contribution in [0.5, 0.6) is 0 Å². The van der Waals surface area contributed by atoms with Gasteiger partial charge >= 0.3 is 0 Å². The van der Waals surface area contributed by atoms with Crippen LogP contribution in [0.1, 0.15) is 57.8 Å². The van der Waals surface area contributed by atoms with Crippen molar-refractivity contribution in [3.63, 3.8) is 0 Å². The van der Waals surface area contributed by atoms with Crippen LogP contribution in [-0.4, -0.2) is 44.1 Å². The minimum Gasteiger partial charge on any atom is -0.385 e.